The molecule has 2 rings (SSSR count). The van der Waals surface area contributed by atoms with Crippen molar-refractivity contribution in [2.75, 3.05) is 7.05 Å². The molecule has 4 nitrogen and oxygen atoms in total. The van der Waals surface area contributed by atoms with E-state index in [2.05, 4.69) is 22.7 Å². The molecule has 102 valence electrons. The first-order valence-corrected chi connectivity index (χ1v) is 7.30. The van der Waals surface area contributed by atoms with Gasteiger partial charge < -0.3 is 5.32 Å². The molecule has 0 radical (unpaired) electrons. The van der Waals surface area contributed by atoms with Gasteiger partial charge in [0.1, 0.15) is 0 Å². The zero-order valence-corrected chi connectivity index (χ0v) is 11.7. The van der Waals surface area contributed by atoms with E-state index in [1.165, 1.54) is 44.9 Å². The molecule has 1 aromatic heterocycles. The summed E-state index contributed by atoms with van der Waals surface area (Å²) >= 11 is 0. The number of likely N-dealkylation sites (N-methyl/N-ethyl adjacent to an activating group) is 1. The molecule has 1 aliphatic rings. The van der Waals surface area contributed by atoms with Crippen LogP contribution in [0.25, 0.3) is 0 Å². The molecule has 1 N–H and O–H groups in total. The van der Waals surface area contributed by atoms with Gasteiger partial charge in [0.2, 0.25) is 0 Å². The van der Waals surface area contributed by atoms with E-state index in [4.69, 9.17) is 0 Å². The van der Waals surface area contributed by atoms with Gasteiger partial charge in [-0.15, -0.1) is 5.10 Å². The lowest BCUT2D eigenvalue weighted by atomic mass is 9.85. The lowest BCUT2D eigenvalue weighted by molar-refractivity contribution is 0.315. The van der Waals surface area contributed by atoms with Crippen LogP contribution in [0.1, 0.15) is 50.6 Å². The summed E-state index contributed by atoms with van der Waals surface area (Å²) in [5.41, 5.74) is 1.10. The molecule has 1 atom stereocenters. The first-order chi connectivity index (χ1) is 8.78. The third-order valence-electron chi connectivity index (χ3n) is 4.16. The number of aryl methyl sites for hydroxylation is 1. The summed E-state index contributed by atoms with van der Waals surface area (Å²) < 4.78 is 1.78. The van der Waals surface area contributed by atoms with Gasteiger partial charge in [0, 0.05) is 25.7 Å². The Bertz CT molecular complexity index is 341. The summed E-state index contributed by atoms with van der Waals surface area (Å²) in [6, 6.07) is 0.545. The van der Waals surface area contributed by atoms with Crippen LogP contribution in [0.3, 0.4) is 0 Å². The quantitative estimate of drug-likeness (QED) is 0.842. The maximum atomic E-state index is 4.17. The number of nitrogens with one attached hydrogen (secondary N) is 1. The summed E-state index contributed by atoms with van der Waals surface area (Å²) in [4.78, 5) is 0. The summed E-state index contributed by atoms with van der Waals surface area (Å²) in [7, 11) is 3.98. The Morgan fingerprint density at radius 2 is 2.17 bits per heavy atom. The Kier molecular flexibility index (Phi) is 5.17. The van der Waals surface area contributed by atoms with Crippen molar-refractivity contribution < 1.29 is 0 Å². The average molecular weight is 250 g/mol. The maximum absolute atomic E-state index is 4.17. The van der Waals surface area contributed by atoms with E-state index in [1.54, 1.807) is 4.68 Å². The number of hydrogen-bond donors (Lipinski definition) is 1. The molecule has 18 heavy (non-hydrogen) atoms. The van der Waals surface area contributed by atoms with Crippen LogP contribution in [0.5, 0.6) is 0 Å². The molecule has 0 aromatic carbocycles. The minimum atomic E-state index is 0.545. The monoisotopic (exact) mass is 250 g/mol. The van der Waals surface area contributed by atoms with Crippen molar-refractivity contribution >= 4 is 0 Å². The van der Waals surface area contributed by atoms with Gasteiger partial charge >= 0.3 is 0 Å². The Labute approximate surface area is 110 Å². The summed E-state index contributed by atoms with van der Waals surface area (Å²) in [5.74, 6) is 0.969. The van der Waals surface area contributed by atoms with Crippen LogP contribution in [0, 0.1) is 5.92 Å². The SMILES string of the molecule is CNC(CCC1CCCCC1)Cc1cn(C)nn1. The van der Waals surface area contributed by atoms with Crippen LogP contribution in [-0.2, 0) is 13.5 Å². The summed E-state index contributed by atoms with van der Waals surface area (Å²) in [6.45, 7) is 0. The minimum absolute atomic E-state index is 0.545. The standard InChI is InChI=1S/C14H26N4/c1-15-13(10-14-11-18(2)17-16-14)9-8-12-6-4-3-5-7-12/h11-13,15H,3-10H2,1-2H3. The molecular formula is C14H26N4. The molecule has 1 aromatic rings. The highest BCUT2D eigenvalue weighted by Crippen LogP contribution is 2.27. The lowest BCUT2D eigenvalue weighted by Crippen LogP contribution is -2.28. The van der Waals surface area contributed by atoms with Crippen molar-refractivity contribution in [3.8, 4) is 0 Å². The smallest absolute Gasteiger partial charge is 0.0842 e. The van der Waals surface area contributed by atoms with Gasteiger partial charge in [-0.2, -0.15) is 0 Å². The first kappa shape index (κ1) is 13.5. The van der Waals surface area contributed by atoms with Crippen LogP contribution in [0.4, 0.5) is 0 Å². The van der Waals surface area contributed by atoms with Gasteiger partial charge in [-0.25, -0.2) is 0 Å². The molecular weight excluding hydrogens is 224 g/mol. The molecule has 0 bridgehead atoms. The molecule has 1 saturated carbocycles. The third-order valence-corrected chi connectivity index (χ3v) is 4.16. The van der Waals surface area contributed by atoms with E-state index in [0.717, 1.165) is 18.0 Å². The molecule has 1 heterocycles. The molecule has 1 aliphatic carbocycles. The van der Waals surface area contributed by atoms with E-state index in [1.807, 2.05) is 13.2 Å². The largest absolute Gasteiger partial charge is 0.317 e. The van der Waals surface area contributed by atoms with Crippen LogP contribution >= 0.6 is 0 Å². The minimum Gasteiger partial charge on any atom is -0.317 e. The highest BCUT2D eigenvalue weighted by atomic mass is 15.4. The second-order valence-electron chi connectivity index (χ2n) is 5.65. The number of aromatic nitrogens is 3. The lowest BCUT2D eigenvalue weighted by Gasteiger charge is -2.23. The predicted octanol–water partition coefficient (Wildman–Crippen LogP) is 2.31. The Balaban J connectivity index is 1.74. The normalized spacial score (nSPS) is 19.0. The van der Waals surface area contributed by atoms with E-state index in [-0.39, 0.29) is 0 Å². The van der Waals surface area contributed by atoms with Gasteiger partial charge in [0.15, 0.2) is 0 Å². The van der Waals surface area contributed by atoms with Crippen LogP contribution in [0.15, 0.2) is 6.20 Å². The molecule has 0 amide bonds. The van der Waals surface area contributed by atoms with E-state index in [9.17, 15) is 0 Å². The molecule has 4 heteroatoms. The number of nitrogens with zero attached hydrogens (tertiary/aromatic N) is 3. The van der Waals surface area contributed by atoms with Gasteiger partial charge in [-0.05, 0) is 25.8 Å². The summed E-state index contributed by atoms with van der Waals surface area (Å²) in [6.07, 6.45) is 12.9. The fourth-order valence-corrected chi connectivity index (χ4v) is 3.00. The van der Waals surface area contributed by atoms with Crippen molar-refractivity contribution in [1.29, 1.82) is 0 Å². The zero-order valence-electron chi connectivity index (χ0n) is 11.7. The highest BCUT2D eigenvalue weighted by molar-refractivity contribution is 4.95. The maximum Gasteiger partial charge on any atom is 0.0842 e. The summed E-state index contributed by atoms with van der Waals surface area (Å²) in [5, 5.41) is 11.6. The molecule has 0 saturated heterocycles. The van der Waals surface area contributed by atoms with Gasteiger partial charge in [0.25, 0.3) is 0 Å². The van der Waals surface area contributed by atoms with Gasteiger partial charge in [-0.1, -0.05) is 37.3 Å². The molecule has 0 aliphatic heterocycles. The van der Waals surface area contributed by atoms with Crippen molar-refractivity contribution in [1.82, 2.24) is 20.3 Å². The van der Waals surface area contributed by atoms with E-state index < -0.39 is 0 Å². The molecule has 1 unspecified atom stereocenters. The van der Waals surface area contributed by atoms with Crippen LogP contribution < -0.4 is 5.32 Å². The Hall–Kier alpha value is -0.900. The van der Waals surface area contributed by atoms with E-state index in [0.29, 0.717) is 6.04 Å². The van der Waals surface area contributed by atoms with Gasteiger partial charge in [-0.3, -0.25) is 4.68 Å². The fourth-order valence-electron chi connectivity index (χ4n) is 3.00. The topological polar surface area (TPSA) is 42.7 Å². The number of hydrogen-bond acceptors (Lipinski definition) is 3. The Morgan fingerprint density at radius 1 is 1.39 bits per heavy atom. The van der Waals surface area contributed by atoms with Crippen LogP contribution in [0.2, 0.25) is 0 Å². The third kappa shape index (κ3) is 4.09. The fraction of sp³-hybridized carbons (Fsp3) is 0.857. The van der Waals surface area contributed by atoms with Crippen molar-refractivity contribution in [3.05, 3.63) is 11.9 Å². The molecule has 1 fully saturated rings. The average Bonchev–Trinajstić information content (AvgIpc) is 2.81. The van der Waals surface area contributed by atoms with Gasteiger partial charge in [0.05, 0.1) is 5.69 Å². The zero-order chi connectivity index (χ0) is 12.8. The van der Waals surface area contributed by atoms with Crippen molar-refractivity contribution in [3.63, 3.8) is 0 Å². The number of rotatable bonds is 6. The second kappa shape index (κ2) is 6.88. The Morgan fingerprint density at radius 3 is 2.78 bits per heavy atom. The van der Waals surface area contributed by atoms with E-state index >= 15 is 0 Å². The van der Waals surface area contributed by atoms with Crippen molar-refractivity contribution in [2.45, 2.75) is 57.4 Å². The van der Waals surface area contributed by atoms with Crippen molar-refractivity contribution in [2.24, 2.45) is 13.0 Å². The first-order valence-electron chi connectivity index (χ1n) is 7.30. The second-order valence-corrected chi connectivity index (χ2v) is 5.65. The molecule has 0 spiro atoms. The highest BCUT2D eigenvalue weighted by Gasteiger charge is 2.16. The predicted molar refractivity (Wildman–Crippen MR) is 73.4 cm³/mol. The van der Waals surface area contributed by atoms with Crippen LogP contribution in [-0.4, -0.2) is 28.1 Å².